The van der Waals surface area contributed by atoms with E-state index >= 15 is 0 Å². The zero-order valence-corrected chi connectivity index (χ0v) is 19.4. The molecule has 0 bridgehead atoms. The van der Waals surface area contributed by atoms with Crippen molar-refractivity contribution in [1.82, 2.24) is 9.55 Å². The Hall–Kier alpha value is -4.26. The minimum Gasteiger partial charge on any atom is -0.326 e. The van der Waals surface area contributed by atoms with Gasteiger partial charge < -0.3 is 10.6 Å². The summed E-state index contributed by atoms with van der Waals surface area (Å²) in [4.78, 5) is 42.9. The van der Waals surface area contributed by atoms with Crippen LogP contribution in [0.4, 0.5) is 11.4 Å². The van der Waals surface area contributed by atoms with Crippen molar-refractivity contribution in [3.63, 3.8) is 0 Å². The molecule has 7 heteroatoms. The maximum absolute atomic E-state index is 13.6. The molecule has 2 amide bonds. The molecule has 1 heterocycles. The topological polar surface area (TPSA) is 93.1 Å². The van der Waals surface area contributed by atoms with Crippen LogP contribution in [0.3, 0.4) is 0 Å². The Morgan fingerprint density at radius 2 is 1.71 bits per heavy atom. The Labute approximate surface area is 197 Å². The predicted molar refractivity (Wildman–Crippen MR) is 135 cm³/mol. The molecule has 4 rings (SSSR count). The third-order valence-electron chi connectivity index (χ3n) is 5.54. The molecule has 1 aromatic heterocycles. The van der Waals surface area contributed by atoms with Gasteiger partial charge in [-0.05, 0) is 55.3 Å². The Kier molecular flexibility index (Phi) is 6.54. The van der Waals surface area contributed by atoms with Gasteiger partial charge in [-0.1, -0.05) is 42.8 Å². The number of nitrogens with one attached hydrogen (secondary N) is 2. The zero-order valence-electron chi connectivity index (χ0n) is 19.4. The van der Waals surface area contributed by atoms with Crippen LogP contribution in [-0.2, 0) is 22.6 Å². The summed E-state index contributed by atoms with van der Waals surface area (Å²) in [5, 5.41) is 5.63. The van der Waals surface area contributed by atoms with Crippen molar-refractivity contribution in [2.45, 2.75) is 33.7 Å². The van der Waals surface area contributed by atoms with Crippen LogP contribution < -0.4 is 16.2 Å². The summed E-state index contributed by atoms with van der Waals surface area (Å²) in [6.45, 7) is 5.20. The van der Waals surface area contributed by atoms with E-state index < -0.39 is 5.56 Å². The van der Waals surface area contributed by atoms with E-state index in [1.807, 2.05) is 49.4 Å². The number of hydrogen-bond acceptors (Lipinski definition) is 4. The molecule has 0 saturated heterocycles. The van der Waals surface area contributed by atoms with E-state index in [4.69, 9.17) is 0 Å². The lowest BCUT2D eigenvalue weighted by Gasteiger charge is -2.15. The lowest BCUT2D eigenvalue weighted by molar-refractivity contribution is -0.117. The molecule has 172 valence electrons. The van der Waals surface area contributed by atoms with Crippen LogP contribution in [0.5, 0.6) is 0 Å². The molecule has 0 saturated carbocycles. The quantitative estimate of drug-likeness (QED) is 0.448. The lowest BCUT2D eigenvalue weighted by Crippen LogP contribution is -2.30. The second-order valence-electron chi connectivity index (χ2n) is 8.17. The summed E-state index contributed by atoms with van der Waals surface area (Å²) in [5.41, 5.74) is 4.65. The summed E-state index contributed by atoms with van der Waals surface area (Å²) in [7, 11) is 0. The van der Waals surface area contributed by atoms with E-state index in [1.165, 1.54) is 17.1 Å². The normalized spacial score (nSPS) is 10.8. The highest BCUT2D eigenvalue weighted by atomic mass is 16.2. The van der Waals surface area contributed by atoms with Gasteiger partial charge in [0.2, 0.25) is 11.8 Å². The number of benzene rings is 3. The van der Waals surface area contributed by atoms with E-state index in [0.29, 0.717) is 28.0 Å². The first-order valence-corrected chi connectivity index (χ1v) is 11.1. The smallest absolute Gasteiger partial charge is 0.278 e. The highest BCUT2D eigenvalue weighted by Crippen LogP contribution is 2.27. The zero-order chi connectivity index (χ0) is 24.2. The van der Waals surface area contributed by atoms with Crippen molar-refractivity contribution in [1.29, 1.82) is 0 Å². The molecule has 0 fully saturated rings. The minimum atomic E-state index is -0.410. The maximum atomic E-state index is 13.6. The van der Waals surface area contributed by atoms with Crippen LogP contribution in [0.1, 0.15) is 25.0 Å². The third kappa shape index (κ3) is 4.88. The molecule has 3 aromatic carbocycles. The number of carbonyl (C=O) groups excluding carboxylic acids is 2. The number of amides is 2. The van der Waals surface area contributed by atoms with Crippen molar-refractivity contribution in [2.75, 3.05) is 10.6 Å². The molecule has 0 unspecified atom stereocenters. The molecule has 0 radical (unpaired) electrons. The van der Waals surface area contributed by atoms with Gasteiger partial charge in [0.1, 0.15) is 12.2 Å². The van der Waals surface area contributed by atoms with Gasteiger partial charge in [0, 0.05) is 18.2 Å². The molecular formula is C27H26N4O3. The number of hydrogen-bond donors (Lipinski definition) is 2. The predicted octanol–water partition coefficient (Wildman–Crippen LogP) is 4.53. The average Bonchev–Trinajstić information content (AvgIpc) is 2.82. The summed E-state index contributed by atoms with van der Waals surface area (Å²) in [6.07, 6.45) is 0.912. The van der Waals surface area contributed by atoms with Gasteiger partial charge in [-0.15, -0.1) is 0 Å². The molecule has 34 heavy (non-hydrogen) atoms. The van der Waals surface area contributed by atoms with Crippen LogP contribution in [0.2, 0.25) is 0 Å². The van der Waals surface area contributed by atoms with E-state index in [1.54, 1.807) is 24.3 Å². The second-order valence-corrected chi connectivity index (χ2v) is 8.17. The van der Waals surface area contributed by atoms with Crippen molar-refractivity contribution in [3.05, 3.63) is 88.2 Å². The summed E-state index contributed by atoms with van der Waals surface area (Å²) >= 11 is 0. The first-order valence-electron chi connectivity index (χ1n) is 11.1. The molecular weight excluding hydrogens is 428 g/mol. The first-order chi connectivity index (χ1) is 16.4. The second kappa shape index (κ2) is 9.70. The number of anilines is 2. The van der Waals surface area contributed by atoms with Crippen LogP contribution in [-0.4, -0.2) is 21.4 Å². The van der Waals surface area contributed by atoms with Crippen LogP contribution in [0.25, 0.3) is 22.3 Å². The third-order valence-corrected chi connectivity index (χ3v) is 5.54. The number of aryl methyl sites for hydroxylation is 2. The molecule has 0 spiro atoms. The van der Waals surface area contributed by atoms with Crippen molar-refractivity contribution in [3.8, 4) is 11.3 Å². The number of rotatable bonds is 6. The largest absolute Gasteiger partial charge is 0.326 e. The Morgan fingerprint density at radius 1 is 0.971 bits per heavy atom. The summed E-state index contributed by atoms with van der Waals surface area (Å²) < 4.78 is 1.42. The van der Waals surface area contributed by atoms with Crippen LogP contribution in [0, 0.1) is 6.92 Å². The minimum absolute atomic E-state index is 0.172. The molecule has 0 atom stereocenters. The fraction of sp³-hybridized carbons (Fsp3) is 0.185. The van der Waals surface area contributed by atoms with Crippen molar-refractivity contribution < 1.29 is 9.59 Å². The number of carbonyl (C=O) groups is 2. The molecule has 0 aliphatic heterocycles. The standard InChI is InChI=1S/C27H26N4O3/c1-4-19-10-12-20(13-11-19)29-25(33)16-31-24-8-6-5-7-23(24)30-26(27(31)34)21-15-17(2)9-14-22(21)28-18(3)32/h5-15H,4,16H2,1-3H3,(H,28,32)(H,29,33). The fourth-order valence-electron chi connectivity index (χ4n) is 3.85. The summed E-state index contributed by atoms with van der Waals surface area (Å²) in [5.74, 6) is -0.570. The Morgan fingerprint density at radius 3 is 2.41 bits per heavy atom. The maximum Gasteiger partial charge on any atom is 0.278 e. The molecule has 2 N–H and O–H groups in total. The molecule has 7 nitrogen and oxygen atoms in total. The van der Waals surface area contributed by atoms with Crippen molar-refractivity contribution in [2.24, 2.45) is 0 Å². The van der Waals surface area contributed by atoms with Gasteiger partial charge in [-0.3, -0.25) is 19.0 Å². The van der Waals surface area contributed by atoms with E-state index in [0.717, 1.165) is 12.0 Å². The van der Waals surface area contributed by atoms with Gasteiger partial charge in [0.25, 0.3) is 5.56 Å². The number of nitrogens with zero attached hydrogens (tertiary/aromatic N) is 2. The van der Waals surface area contributed by atoms with Gasteiger partial charge in [0.05, 0.1) is 16.7 Å². The molecule has 0 aliphatic rings. The van der Waals surface area contributed by atoms with Crippen LogP contribution in [0.15, 0.2) is 71.5 Å². The van der Waals surface area contributed by atoms with Crippen LogP contribution >= 0.6 is 0 Å². The molecule has 4 aromatic rings. The Bertz CT molecular complexity index is 1440. The van der Waals surface area contributed by atoms with Crippen molar-refractivity contribution >= 4 is 34.2 Å². The monoisotopic (exact) mass is 454 g/mol. The van der Waals surface area contributed by atoms with E-state index in [2.05, 4.69) is 22.5 Å². The van der Waals surface area contributed by atoms with Gasteiger partial charge >= 0.3 is 0 Å². The Balaban J connectivity index is 1.78. The fourth-order valence-corrected chi connectivity index (χ4v) is 3.85. The number of aromatic nitrogens is 2. The first kappa shape index (κ1) is 22.9. The average molecular weight is 455 g/mol. The SMILES string of the molecule is CCc1ccc(NC(=O)Cn2c(=O)c(-c3cc(C)ccc3NC(C)=O)nc3ccccc32)cc1. The highest BCUT2D eigenvalue weighted by Gasteiger charge is 2.18. The van der Waals surface area contributed by atoms with E-state index in [9.17, 15) is 14.4 Å². The lowest BCUT2D eigenvalue weighted by atomic mass is 10.1. The summed E-state index contributed by atoms with van der Waals surface area (Å²) in [6, 6.07) is 20.2. The highest BCUT2D eigenvalue weighted by molar-refractivity contribution is 5.95. The van der Waals surface area contributed by atoms with Gasteiger partial charge in [-0.2, -0.15) is 0 Å². The van der Waals surface area contributed by atoms with E-state index in [-0.39, 0.29) is 24.1 Å². The van der Waals surface area contributed by atoms with Gasteiger partial charge in [-0.25, -0.2) is 4.98 Å². The van der Waals surface area contributed by atoms with Gasteiger partial charge in [0.15, 0.2) is 0 Å². The number of para-hydroxylation sites is 2. The molecule has 0 aliphatic carbocycles. The number of fused-ring (bicyclic) bond motifs is 1.